The summed E-state index contributed by atoms with van der Waals surface area (Å²) >= 11 is 0. The van der Waals surface area contributed by atoms with Crippen LogP contribution in [0.3, 0.4) is 0 Å². The standard InChI is InChI=1S/C26H26N6O3/c1-4-22(33)31-14-18(12-16-8-6-7-9-19(16)31)32-26-23(25(27)28-15-29-26)24(30-32)17-10-11-20(35-5-2)21(13-17)34-3/h4,6-11,13,15,18H,1,5,12,14H2,2-3H3,(H2,27,28,29). The number of amides is 1. The first-order valence-electron chi connectivity index (χ1n) is 11.4. The van der Waals surface area contributed by atoms with Crippen molar-refractivity contribution in [1.29, 1.82) is 0 Å². The number of fused-ring (bicyclic) bond motifs is 2. The average Bonchev–Trinajstić information content (AvgIpc) is 3.29. The zero-order valence-electron chi connectivity index (χ0n) is 19.6. The summed E-state index contributed by atoms with van der Waals surface area (Å²) in [6.45, 7) is 6.55. The van der Waals surface area contributed by atoms with Gasteiger partial charge < -0.3 is 20.1 Å². The van der Waals surface area contributed by atoms with E-state index < -0.39 is 0 Å². The van der Waals surface area contributed by atoms with Gasteiger partial charge in [-0.3, -0.25) is 4.79 Å². The fourth-order valence-electron chi connectivity index (χ4n) is 4.60. The maximum Gasteiger partial charge on any atom is 0.250 e. The third kappa shape index (κ3) is 3.84. The lowest BCUT2D eigenvalue weighted by Crippen LogP contribution is -2.40. The number of rotatable bonds is 6. The Hall–Kier alpha value is -4.40. The molecule has 0 saturated heterocycles. The third-order valence-electron chi connectivity index (χ3n) is 6.17. The molecule has 3 heterocycles. The van der Waals surface area contributed by atoms with Gasteiger partial charge in [-0.15, -0.1) is 0 Å². The van der Waals surface area contributed by atoms with Crippen LogP contribution in [-0.2, 0) is 11.2 Å². The van der Waals surface area contributed by atoms with Crippen molar-refractivity contribution in [1.82, 2.24) is 19.7 Å². The third-order valence-corrected chi connectivity index (χ3v) is 6.17. The molecule has 1 aliphatic rings. The minimum Gasteiger partial charge on any atom is -0.493 e. The van der Waals surface area contributed by atoms with Gasteiger partial charge in [0.2, 0.25) is 5.91 Å². The summed E-state index contributed by atoms with van der Waals surface area (Å²) in [4.78, 5) is 23.2. The quantitative estimate of drug-likeness (QED) is 0.427. The molecule has 178 valence electrons. The van der Waals surface area contributed by atoms with Crippen LogP contribution in [0.5, 0.6) is 11.5 Å². The highest BCUT2D eigenvalue weighted by Gasteiger charge is 2.31. The molecule has 1 unspecified atom stereocenters. The van der Waals surface area contributed by atoms with E-state index in [-0.39, 0.29) is 11.9 Å². The van der Waals surface area contributed by atoms with E-state index in [0.29, 0.717) is 53.6 Å². The van der Waals surface area contributed by atoms with Crippen molar-refractivity contribution < 1.29 is 14.3 Å². The summed E-state index contributed by atoms with van der Waals surface area (Å²) < 4.78 is 13.1. The van der Waals surface area contributed by atoms with E-state index in [4.69, 9.17) is 20.3 Å². The molecule has 4 aromatic rings. The van der Waals surface area contributed by atoms with Gasteiger partial charge in [-0.2, -0.15) is 5.10 Å². The van der Waals surface area contributed by atoms with Crippen LogP contribution in [0.15, 0.2) is 61.4 Å². The predicted octanol–water partition coefficient (Wildman–Crippen LogP) is 3.80. The Morgan fingerprint density at radius 2 is 2.06 bits per heavy atom. The lowest BCUT2D eigenvalue weighted by Gasteiger charge is -2.34. The van der Waals surface area contributed by atoms with Crippen LogP contribution in [0, 0.1) is 0 Å². The first-order chi connectivity index (χ1) is 17.0. The molecule has 2 N–H and O–H groups in total. The molecule has 1 amide bonds. The van der Waals surface area contributed by atoms with Crippen molar-refractivity contribution in [2.75, 3.05) is 30.9 Å². The largest absolute Gasteiger partial charge is 0.493 e. The topological polar surface area (TPSA) is 108 Å². The molecule has 1 aliphatic heterocycles. The van der Waals surface area contributed by atoms with Gasteiger partial charge in [0.05, 0.1) is 25.1 Å². The van der Waals surface area contributed by atoms with E-state index >= 15 is 0 Å². The van der Waals surface area contributed by atoms with Crippen molar-refractivity contribution in [3.63, 3.8) is 0 Å². The SMILES string of the molecule is C=CC(=O)N1CC(n2nc(-c3ccc(OCC)c(OC)c3)c3c(N)ncnc32)Cc2ccccc21. The van der Waals surface area contributed by atoms with Gasteiger partial charge in [-0.05, 0) is 49.2 Å². The Balaban J connectivity index is 1.65. The van der Waals surface area contributed by atoms with Crippen molar-refractivity contribution in [3.8, 4) is 22.8 Å². The predicted molar refractivity (Wildman–Crippen MR) is 135 cm³/mol. The van der Waals surface area contributed by atoms with Gasteiger partial charge in [0, 0.05) is 17.8 Å². The maximum atomic E-state index is 12.7. The summed E-state index contributed by atoms with van der Waals surface area (Å²) in [5.74, 6) is 1.41. The molecule has 0 saturated carbocycles. The second kappa shape index (κ2) is 9.09. The van der Waals surface area contributed by atoms with Gasteiger partial charge in [0.1, 0.15) is 17.8 Å². The van der Waals surface area contributed by atoms with Crippen LogP contribution in [-0.4, -0.2) is 45.9 Å². The lowest BCUT2D eigenvalue weighted by molar-refractivity contribution is -0.114. The Kier molecular flexibility index (Phi) is 5.82. The highest BCUT2D eigenvalue weighted by Crippen LogP contribution is 2.39. The number of methoxy groups -OCH3 is 1. The van der Waals surface area contributed by atoms with Gasteiger partial charge in [-0.25, -0.2) is 14.6 Å². The number of carbonyl (C=O) groups excluding carboxylic acids is 1. The Labute approximate surface area is 202 Å². The number of aromatic nitrogens is 4. The summed E-state index contributed by atoms with van der Waals surface area (Å²) in [5, 5.41) is 5.61. The first kappa shape index (κ1) is 22.4. The summed E-state index contributed by atoms with van der Waals surface area (Å²) in [6, 6.07) is 13.3. The average molecular weight is 471 g/mol. The second-order valence-corrected chi connectivity index (χ2v) is 8.19. The molecule has 1 atom stereocenters. The van der Waals surface area contributed by atoms with Crippen molar-refractivity contribution in [2.24, 2.45) is 0 Å². The fourth-order valence-corrected chi connectivity index (χ4v) is 4.60. The Bertz CT molecular complexity index is 1430. The Morgan fingerprint density at radius 1 is 1.23 bits per heavy atom. The van der Waals surface area contributed by atoms with E-state index in [1.54, 1.807) is 12.0 Å². The number of hydrogen-bond acceptors (Lipinski definition) is 7. The number of nitrogens with two attached hydrogens (primary N) is 1. The molecule has 0 radical (unpaired) electrons. The zero-order chi connectivity index (χ0) is 24.5. The molecule has 9 nitrogen and oxygen atoms in total. The number of hydrogen-bond donors (Lipinski definition) is 1. The van der Waals surface area contributed by atoms with Crippen molar-refractivity contribution in [2.45, 2.75) is 19.4 Å². The molecule has 0 fully saturated rings. The highest BCUT2D eigenvalue weighted by atomic mass is 16.5. The minimum absolute atomic E-state index is 0.163. The monoisotopic (exact) mass is 470 g/mol. The molecule has 2 aromatic heterocycles. The fraction of sp³-hybridized carbons (Fsp3) is 0.231. The smallest absolute Gasteiger partial charge is 0.250 e. The molecule has 0 aliphatic carbocycles. The van der Waals surface area contributed by atoms with Crippen LogP contribution < -0.4 is 20.1 Å². The van der Waals surface area contributed by atoms with E-state index in [1.165, 1.54) is 12.4 Å². The van der Waals surface area contributed by atoms with Gasteiger partial charge in [0.15, 0.2) is 17.1 Å². The lowest BCUT2D eigenvalue weighted by atomic mass is 9.97. The number of nitrogens with zero attached hydrogens (tertiary/aromatic N) is 5. The molecule has 0 bridgehead atoms. The molecule has 35 heavy (non-hydrogen) atoms. The molecular formula is C26H26N6O3. The number of ether oxygens (including phenoxy) is 2. The maximum absolute atomic E-state index is 12.7. The van der Waals surface area contributed by atoms with Crippen molar-refractivity contribution >= 4 is 28.4 Å². The van der Waals surface area contributed by atoms with E-state index in [9.17, 15) is 4.79 Å². The molecule has 9 heteroatoms. The van der Waals surface area contributed by atoms with E-state index in [2.05, 4.69) is 16.5 Å². The summed E-state index contributed by atoms with van der Waals surface area (Å²) in [7, 11) is 1.60. The van der Waals surface area contributed by atoms with Gasteiger partial charge in [-0.1, -0.05) is 24.8 Å². The minimum atomic E-state index is -0.163. The van der Waals surface area contributed by atoms with Crippen molar-refractivity contribution in [3.05, 3.63) is 67.0 Å². The number of benzene rings is 2. The molecule has 2 aromatic carbocycles. The molecule has 0 spiro atoms. The van der Waals surface area contributed by atoms with Gasteiger partial charge >= 0.3 is 0 Å². The van der Waals surface area contributed by atoms with Crippen LogP contribution in [0.1, 0.15) is 18.5 Å². The number of para-hydroxylation sites is 1. The molecule has 5 rings (SSSR count). The molecular weight excluding hydrogens is 444 g/mol. The van der Waals surface area contributed by atoms with E-state index in [1.807, 2.05) is 54.1 Å². The normalized spacial score (nSPS) is 15.0. The first-order valence-corrected chi connectivity index (χ1v) is 11.4. The summed E-state index contributed by atoms with van der Waals surface area (Å²) in [6.07, 6.45) is 3.45. The highest BCUT2D eigenvalue weighted by molar-refractivity contribution is 6.02. The Morgan fingerprint density at radius 3 is 2.83 bits per heavy atom. The van der Waals surface area contributed by atoms with Crippen LogP contribution in [0.2, 0.25) is 0 Å². The van der Waals surface area contributed by atoms with Crippen LogP contribution in [0.4, 0.5) is 11.5 Å². The zero-order valence-corrected chi connectivity index (χ0v) is 19.6. The van der Waals surface area contributed by atoms with E-state index in [0.717, 1.165) is 16.8 Å². The van der Waals surface area contributed by atoms with Gasteiger partial charge in [0.25, 0.3) is 0 Å². The van der Waals surface area contributed by atoms with Crippen LogP contribution >= 0.6 is 0 Å². The summed E-state index contributed by atoms with van der Waals surface area (Å²) in [5.41, 5.74) is 10.3. The number of anilines is 2. The number of nitrogen functional groups attached to an aromatic ring is 1. The number of carbonyl (C=O) groups is 1. The van der Waals surface area contributed by atoms with Crippen LogP contribution in [0.25, 0.3) is 22.3 Å². The second-order valence-electron chi connectivity index (χ2n) is 8.19.